The predicted octanol–water partition coefficient (Wildman–Crippen LogP) is 2.80. The third-order valence-electron chi connectivity index (χ3n) is 2.44. The number of hydrogen-bond donors (Lipinski definition) is 2. The first-order valence-corrected chi connectivity index (χ1v) is 4.88. The van der Waals surface area contributed by atoms with E-state index in [0.717, 1.165) is 27.4 Å². The van der Waals surface area contributed by atoms with E-state index in [1.807, 2.05) is 32.1 Å². The van der Waals surface area contributed by atoms with E-state index in [4.69, 9.17) is 11.6 Å². The van der Waals surface area contributed by atoms with E-state index in [1.165, 1.54) is 0 Å². The van der Waals surface area contributed by atoms with E-state index in [1.54, 1.807) is 0 Å². The van der Waals surface area contributed by atoms with Gasteiger partial charge in [0.05, 0.1) is 0 Å². The van der Waals surface area contributed by atoms with Gasteiger partial charge in [-0.25, -0.2) is 0 Å². The van der Waals surface area contributed by atoms with Crippen LogP contribution in [0.5, 0.6) is 0 Å². The molecule has 1 aliphatic rings. The number of aliphatic hydroxyl groups excluding tert-OH is 1. The number of halogens is 1. The summed E-state index contributed by atoms with van der Waals surface area (Å²) in [5.41, 5.74) is 3.88. The van der Waals surface area contributed by atoms with Crippen LogP contribution in [0.25, 0.3) is 6.08 Å². The van der Waals surface area contributed by atoms with E-state index in [9.17, 15) is 5.11 Å². The lowest BCUT2D eigenvalue weighted by Crippen LogP contribution is -2.23. The maximum absolute atomic E-state index is 9.57. The van der Waals surface area contributed by atoms with Gasteiger partial charge >= 0.3 is 0 Å². The summed E-state index contributed by atoms with van der Waals surface area (Å²) in [5.74, 6) is 0. The van der Waals surface area contributed by atoms with Gasteiger partial charge < -0.3 is 10.4 Å². The maximum atomic E-state index is 9.57. The molecule has 1 aromatic carbocycles. The number of benzene rings is 1. The minimum absolute atomic E-state index is 0.580. The molecular formula is C11H12ClNO. The zero-order chi connectivity index (χ0) is 10.3. The van der Waals surface area contributed by atoms with Crippen LogP contribution in [-0.2, 0) is 0 Å². The number of hydrogen-bond acceptors (Lipinski definition) is 2. The first-order valence-electron chi connectivity index (χ1n) is 4.51. The zero-order valence-electron chi connectivity index (χ0n) is 8.13. The van der Waals surface area contributed by atoms with Crippen LogP contribution in [0.4, 0.5) is 5.69 Å². The van der Waals surface area contributed by atoms with Gasteiger partial charge in [-0.1, -0.05) is 11.6 Å². The Hall–Kier alpha value is -0.990. The molecule has 0 saturated carbocycles. The molecule has 0 radical (unpaired) electrons. The Labute approximate surface area is 88.2 Å². The van der Waals surface area contributed by atoms with Crippen LogP contribution >= 0.6 is 11.6 Å². The van der Waals surface area contributed by atoms with Crippen molar-refractivity contribution < 1.29 is 5.11 Å². The second-order valence-corrected chi connectivity index (χ2v) is 4.03. The summed E-state index contributed by atoms with van der Waals surface area (Å²) in [5, 5.41) is 13.3. The van der Waals surface area contributed by atoms with Gasteiger partial charge in [-0.05, 0) is 48.8 Å². The van der Waals surface area contributed by atoms with E-state index < -0.39 is 6.23 Å². The fourth-order valence-electron chi connectivity index (χ4n) is 1.53. The molecule has 0 saturated heterocycles. The lowest BCUT2D eigenvalue weighted by Gasteiger charge is -2.22. The predicted molar refractivity (Wildman–Crippen MR) is 59.5 cm³/mol. The van der Waals surface area contributed by atoms with Crippen LogP contribution in [0.15, 0.2) is 17.7 Å². The number of rotatable bonds is 0. The molecule has 0 bridgehead atoms. The van der Waals surface area contributed by atoms with Crippen molar-refractivity contribution >= 4 is 23.4 Å². The van der Waals surface area contributed by atoms with Gasteiger partial charge in [0, 0.05) is 10.7 Å². The average Bonchev–Trinajstić information content (AvgIpc) is 2.11. The van der Waals surface area contributed by atoms with Crippen LogP contribution in [0, 0.1) is 6.92 Å². The normalized spacial score (nSPS) is 19.7. The Morgan fingerprint density at radius 1 is 1.36 bits per heavy atom. The summed E-state index contributed by atoms with van der Waals surface area (Å²) < 4.78 is 0. The van der Waals surface area contributed by atoms with Crippen molar-refractivity contribution in [2.75, 3.05) is 5.32 Å². The monoisotopic (exact) mass is 209 g/mol. The van der Waals surface area contributed by atoms with Crippen LogP contribution in [0.3, 0.4) is 0 Å². The Morgan fingerprint density at radius 3 is 2.79 bits per heavy atom. The van der Waals surface area contributed by atoms with Crippen molar-refractivity contribution in [3.8, 4) is 0 Å². The van der Waals surface area contributed by atoms with Crippen molar-refractivity contribution in [3.63, 3.8) is 0 Å². The molecule has 0 fully saturated rings. The highest BCUT2D eigenvalue weighted by Crippen LogP contribution is 2.30. The van der Waals surface area contributed by atoms with Crippen molar-refractivity contribution in [3.05, 3.63) is 33.9 Å². The molecule has 2 N–H and O–H groups in total. The maximum Gasteiger partial charge on any atom is 0.146 e. The molecule has 0 amide bonds. The quantitative estimate of drug-likeness (QED) is 0.689. The SMILES string of the molecule is CC1=Cc2cc(Cl)c(C)cc2NC1O. The highest BCUT2D eigenvalue weighted by atomic mass is 35.5. The highest BCUT2D eigenvalue weighted by Gasteiger charge is 2.15. The van der Waals surface area contributed by atoms with E-state index >= 15 is 0 Å². The fraction of sp³-hybridized carbons (Fsp3) is 0.273. The first-order chi connectivity index (χ1) is 6.58. The van der Waals surface area contributed by atoms with Crippen LogP contribution in [-0.4, -0.2) is 11.3 Å². The average molecular weight is 210 g/mol. The Balaban J connectivity index is 2.55. The van der Waals surface area contributed by atoms with Gasteiger partial charge in [-0.3, -0.25) is 0 Å². The molecule has 1 unspecified atom stereocenters. The summed E-state index contributed by atoms with van der Waals surface area (Å²) >= 11 is 6.01. The molecule has 14 heavy (non-hydrogen) atoms. The molecule has 0 spiro atoms. The van der Waals surface area contributed by atoms with Crippen molar-refractivity contribution in [2.45, 2.75) is 20.1 Å². The van der Waals surface area contributed by atoms with Gasteiger partial charge in [0.25, 0.3) is 0 Å². The third kappa shape index (κ3) is 1.51. The highest BCUT2D eigenvalue weighted by molar-refractivity contribution is 6.31. The van der Waals surface area contributed by atoms with Gasteiger partial charge in [-0.2, -0.15) is 0 Å². The number of nitrogens with one attached hydrogen (secondary N) is 1. The summed E-state index contributed by atoms with van der Waals surface area (Å²) in [6, 6.07) is 3.86. The smallest absolute Gasteiger partial charge is 0.146 e. The Morgan fingerprint density at radius 2 is 2.07 bits per heavy atom. The fourth-order valence-corrected chi connectivity index (χ4v) is 1.70. The number of anilines is 1. The van der Waals surface area contributed by atoms with Crippen LogP contribution in [0.1, 0.15) is 18.1 Å². The third-order valence-corrected chi connectivity index (χ3v) is 2.84. The molecule has 1 aromatic rings. The van der Waals surface area contributed by atoms with Gasteiger partial charge in [0.2, 0.25) is 0 Å². The number of fused-ring (bicyclic) bond motifs is 1. The summed E-state index contributed by atoms with van der Waals surface area (Å²) in [6.07, 6.45) is 1.37. The van der Waals surface area contributed by atoms with Crippen LogP contribution in [0.2, 0.25) is 5.02 Å². The molecule has 0 aromatic heterocycles. The van der Waals surface area contributed by atoms with E-state index in [0.29, 0.717) is 0 Å². The molecule has 2 nitrogen and oxygen atoms in total. The number of aliphatic hydroxyl groups is 1. The lowest BCUT2D eigenvalue weighted by atomic mass is 10.0. The van der Waals surface area contributed by atoms with Crippen molar-refractivity contribution in [1.82, 2.24) is 0 Å². The molecule has 2 rings (SSSR count). The molecule has 74 valence electrons. The topological polar surface area (TPSA) is 32.3 Å². The van der Waals surface area contributed by atoms with Crippen molar-refractivity contribution in [2.24, 2.45) is 0 Å². The lowest BCUT2D eigenvalue weighted by molar-refractivity contribution is 0.240. The largest absolute Gasteiger partial charge is 0.370 e. The standard InChI is InChI=1S/C11H12ClNO/c1-6-4-10-8(5-9(6)12)3-7(2)11(14)13-10/h3-5,11,13-14H,1-2H3. The Bertz CT molecular complexity index is 412. The van der Waals surface area contributed by atoms with Crippen molar-refractivity contribution in [1.29, 1.82) is 0 Å². The minimum Gasteiger partial charge on any atom is -0.370 e. The first kappa shape index (κ1) is 9.56. The molecule has 1 atom stereocenters. The number of aryl methyl sites for hydroxylation is 1. The van der Waals surface area contributed by atoms with E-state index in [-0.39, 0.29) is 0 Å². The van der Waals surface area contributed by atoms with Gasteiger partial charge in [-0.15, -0.1) is 0 Å². The Kier molecular flexibility index (Phi) is 2.25. The molecule has 3 heteroatoms. The molecule has 0 aliphatic carbocycles. The minimum atomic E-state index is -0.580. The molecule has 1 heterocycles. The second-order valence-electron chi connectivity index (χ2n) is 3.62. The summed E-state index contributed by atoms with van der Waals surface area (Å²) in [7, 11) is 0. The van der Waals surface area contributed by atoms with E-state index in [2.05, 4.69) is 5.32 Å². The van der Waals surface area contributed by atoms with Gasteiger partial charge in [0.15, 0.2) is 0 Å². The molecule has 1 aliphatic heterocycles. The summed E-state index contributed by atoms with van der Waals surface area (Å²) in [4.78, 5) is 0. The summed E-state index contributed by atoms with van der Waals surface area (Å²) in [6.45, 7) is 3.83. The van der Waals surface area contributed by atoms with Gasteiger partial charge in [0.1, 0.15) is 6.23 Å². The molecular weight excluding hydrogens is 198 g/mol. The van der Waals surface area contributed by atoms with Crippen LogP contribution < -0.4 is 5.32 Å². The zero-order valence-corrected chi connectivity index (χ0v) is 8.89. The second kappa shape index (κ2) is 3.30.